The van der Waals surface area contributed by atoms with Crippen molar-refractivity contribution in [1.82, 2.24) is 5.48 Å². The fourth-order valence-corrected chi connectivity index (χ4v) is 3.23. The largest absolute Gasteiger partial charge is 0.492 e. The SMILES string of the molecule is CONC(=O)c1c(C)ccc2c1[C@](C)(COCc1ccccc1)CO2. The molecule has 0 radical (unpaired) electrons. The van der Waals surface area contributed by atoms with Gasteiger partial charge in [-0.2, -0.15) is 0 Å². The smallest absolute Gasteiger partial charge is 0.275 e. The Morgan fingerprint density at radius 2 is 2.00 bits per heavy atom. The first kappa shape index (κ1) is 17.5. The minimum absolute atomic E-state index is 0.267. The third kappa shape index (κ3) is 3.52. The molecule has 0 aromatic heterocycles. The zero-order chi connectivity index (χ0) is 17.9. The number of amides is 1. The molecule has 132 valence electrons. The van der Waals surface area contributed by atoms with Gasteiger partial charge in [0, 0.05) is 5.56 Å². The Morgan fingerprint density at radius 1 is 1.24 bits per heavy atom. The van der Waals surface area contributed by atoms with Gasteiger partial charge in [-0.3, -0.25) is 9.63 Å². The number of benzene rings is 2. The Bertz CT molecular complexity index is 760. The second-order valence-corrected chi connectivity index (χ2v) is 6.59. The number of nitrogens with one attached hydrogen (secondary N) is 1. The van der Waals surface area contributed by atoms with E-state index in [4.69, 9.17) is 14.3 Å². The van der Waals surface area contributed by atoms with E-state index in [0.29, 0.717) is 25.4 Å². The Kier molecular flexibility index (Phi) is 5.06. The molecule has 1 aliphatic heterocycles. The van der Waals surface area contributed by atoms with Crippen molar-refractivity contribution in [2.75, 3.05) is 20.3 Å². The highest BCUT2D eigenvalue weighted by Crippen LogP contribution is 2.42. The van der Waals surface area contributed by atoms with Crippen LogP contribution in [0.25, 0.3) is 0 Å². The number of hydroxylamine groups is 1. The lowest BCUT2D eigenvalue weighted by Gasteiger charge is -2.25. The third-order valence-corrected chi connectivity index (χ3v) is 4.48. The summed E-state index contributed by atoms with van der Waals surface area (Å²) in [5, 5.41) is 0. The molecule has 0 spiro atoms. The monoisotopic (exact) mass is 341 g/mol. The van der Waals surface area contributed by atoms with Crippen molar-refractivity contribution in [3.8, 4) is 5.75 Å². The molecule has 1 atom stereocenters. The van der Waals surface area contributed by atoms with Crippen LogP contribution in [0.15, 0.2) is 42.5 Å². The maximum absolute atomic E-state index is 12.5. The van der Waals surface area contributed by atoms with E-state index in [1.807, 2.05) is 49.4 Å². The molecule has 25 heavy (non-hydrogen) atoms. The molecule has 1 N–H and O–H groups in total. The number of carbonyl (C=O) groups excluding carboxylic acids is 1. The Hall–Kier alpha value is -2.37. The van der Waals surface area contributed by atoms with Gasteiger partial charge in [0.05, 0.1) is 37.9 Å². The van der Waals surface area contributed by atoms with Crippen LogP contribution in [0.1, 0.15) is 34.0 Å². The van der Waals surface area contributed by atoms with E-state index < -0.39 is 5.41 Å². The van der Waals surface area contributed by atoms with Crippen LogP contribution in [-0.2, 0) is 21.6 Å². The van der Waals surface area contributed by atoms with Gasteiger partial charge in [-0.25, -0.2) is 5.48 Å². The summed E-state index contributed by atoms with van der Waals surface area (Å²) < 4.78 is 11.8. The highest BCUT2D eigenvalue weighted by Gasteiger charge is 2.41. The van der Waals surface area contributed by atoms with Gasteiger partial charge in [-0.15, -0.1) is 0 Å². The number of carbonyl (C=O) groups is 1. The summed E-state index contributed by atoms with van der Waals surface area (Å²) in [4.78, 5) is 17.3. The molecule has 2 aromatic carbocycles. The Labute approximate surface area is 147 Å². The van der Waals surface area contributed by atoms with Crippen molar-refractivity contribution >= 4 is 5.91 Å². The van der Waals surface area contributed by atoms with E-state index in [2.05, 4.69) is 12.4 Å². The highest BCUT2D eigenvalue weighted by molar-refractivity contribution is 5.98. The fraction of sp³-hybridized carbons (Fsp3) is 0.350. The van der Waals surface area contributed by atoms with Gasteiger partial charge in [0.1, 0.15) is 5.75 Å². The molecule has 2 aromatic rings. The quantitative estimate of drug-likeness (QED) is 0.820. The number of hydrogen-bond donors (Lipinski definition) is 1. The van der Waals surface area contributed by atoms with Crippen LogP contribution in [-0.4, -0.2) is 26.2 Å². The van der Waals surface area contributed by atoms with Crippen molar-refractivity contribution < 1.29 is 19.1 Å². The van der Waals surface area contributed by atoms with Crippen molar-refractivity contribution in [3.05, 3.63) is 64.7 Å². The van der Waals surface area contributed by atoms with E-state index >= 15 is 0 Å². The van der Waals surface area contributed by atoms with Crippen LogP contribution in [0.4, 0.5) is 0 Å². The maximum atomic E-state index is 12.5. The summed E-state index contributed by atoms with van der Waals surface area (Å²) in [5.41, 5.74) is 5.51. The summed E-state index contributed by atoms with van der Waals surface area (Å²) in [5.74, 6) is 0.467. The van der Waals surface area contributed by atoms with Gasteiger partial charge < -0.3 is 9.47 Å². The molecule has 0 unspecified atom stereocenters. The molecule has 0 fully saturated rings. The molecule has 0 bridgehead atoms. The number of ether oxygens (including phenoxy) is 2. The number of aryl methyl sites for hydroxylation is 1. The van der Waals surface area contributed by atoms with Crippen LogP contribution < -0.4 is 10.2 Å². The summed E-state index contributed by atoms with van der Waals surface area (Å²) >= 11 is 0. The van der Waals surface area contributed by atoms with E-state index in [-0.39, 0.29) is 5.91 Å². The van der Waals surface area contributed by atoms with Crippen molar-refractivity contribution in [3.63, 3.8) is 0 Å². The molecular weight excluding hydrogens is 318 g/mol. The van der Waals surface area contributed by atoms with Crippen LogP contribution in [0.2, 0.25) is 0 Å². The van der Waals surface area contributed by atoms with Gasteiger partial charge in [-0.05, 0) is 31.0 Å². The molecule has 0 saturated carbocycles. The zero-order valence-electron chi connectivity index (χ0n) is 14.8. The van der Waals surface area contributed by atoms with Gasteiger partial charge >= 0.3 is 0 Å². The van der Waals surface area contributed by atoms with Crippen LogP contribution in [0.3, 0.4) is 0 Å². The van der Waals surface area contributed by atoms with Gasteiger partial charge in [0.2, 0.25) is 0 Å². The average Bonchev–Trinajstić information content (AvgIpc) is 2.93. The Morgan fingerprint density at radius 3 is 2.72 bits per heavy atom. The van der Waals surface area contributed by atoms with E-state index in [1.54, 1.807) is 0 Å². The summed E-state index contributed by atoms with van der Waals surface area (Å²) in [7, 11) is 1.43. The lowest BCUT2D eigenvalue weighted by atomic mass is 9.81. The second-order valence-electron chi connectivity index (χ2n) is 6.59. The van der Waals surface area contributed by atoms with Crippen LogP contribution >= 0.6 is 0 Å². The molecule has 1 heterocycles. The second kappa shape index (κ2) is 7.25. The molecule has 5 heteroatoms. The predicted octanol–water partition coefficient (Wildman–Crippen LogP) is 3.15. The average molecular weight is 341 g/mol. The number of rotatable bonds is 6. The highest BCUT2D eigenvalue weighted by atomic mass is 16.6. The van der Waals surface area contributed by atoms with Crippen LogP contribution in [0, 0.1) is 6.92 Å². The predicted molar refractivity (Wildman–Crippen MR) is 94.6 cm³/mol. The molecule has 1 aliphatic rings. The molecule has 5 nitrogen and oxygen atoms in total. The standard InChI is InChI=1S/C20H23NO4/c1-14-9-10-16-18(17(14)19(22)21-23-3)20(2,13-25-16)12-24-11-15-7-5-4-6-8-15/h4-10H,11-13H2,1-3H3,(H,21,22)/t20-/m1/s1. The lowest BCUT2D eigenvalue weighted by Crippen LogP contribution is -2.33. The normalized spacial score (nSPS) is 18.5. The molecule has 0 saturated heterocycles. The third-order valence-electron chi connectivity index (χ3n) is 4.48. The first-order valence-electron chi connectivity index (χ1n) is 8.27. The first-order chi connectivity index (χ1) is 12.0. The zero-order valence-corrected chi connectivity index (χ0v) is 14.8. The lowest BCUT2D eigenvalue weighted by molar-refractivity contribution is 0.0525. The van der Waals surface area contributed by atoms with Crippen LogP contribution in [0.5, 0.6) is 5.75 Å². The minimum Gasteiger partial charge on any atom is -0.492 e. The molecule has 0 aliphatic carbocycles. The van der Waals surface area contributed by atoms with Crippen molar-refractivity contribution in [2.45, 2.75) is 25.9 Å². The molecule has 1 amide bonds. The van der Waals surface area contributed by atoms with Crippen molar-refractivity contribution in [2.24, 2.45) is 0 Å². The number of hydrogen-bond acceptors (Lipinski definition) is 4. The maximum Gasteiger partial charge on any atom is 0.275 e. The topological polar surface area (TPSA) is 56.8 Å². The molecular formula is C20H23NO4. The summed E-state index contributed by atoms with van der Waals surface area (Å²) in [6.45, 7) is 5.44. The van der Waals surface area contributed by atoms with Gasteiger partial charge in [0.15, 0.2) is 0 Å². The Balaban J connectivity index is 1.83. The first-order valence-corrected chi connectivity index (χ1v) is 8.27. The van der Waals surface area contributed by atoms with Crippen molar-refractivity contribution in [1.29, 1.82) is 0 Å². The molecule has 3 rings (SSSR count). The van der Waals surface area contributed by atoms with Gasteiger partial charge in [-0.1, -0.05) is 36.4 Å². The van der Waals surface area contributed by atoms with E-state index in [9.17, 15) is 4.79 Å². The van der Waals surface area contributed by atoms with E-state index in [1.165, 1.54) is 7.11 Å². The number of fused-ring (bicyclic) bond motifs is 1. The summed E-state index contributed by atoms with van der Waals surface area (Å²) in [6, 6.07) is 13.8. The minimum atomic E-state index is -0.392. The van der Waals surface area contributed by atoms with Gasteiger partial charge in [0.25, 0.3) is 5.91 Å². The van der Waals surface area contributed by atoms with E-state index in [0.717, 1.165) is 22.4 Å². The fourth-order valence-electron chi connectivity index (χ4n) is 3.23. The summed E-state index contributed by atoms with van der Waals surface area (Å²) in [6.07, 6.45) is 0.